The minimum Gasteiger partial charge on any atom is -0.495 e. The average molecular weight is 362 g/mol. The SMILES string of the molecule is COc1ccccc1Nc1nc(-c2ccc(Cl)cc2)c2ccccc2n1. The van der Waals surface area contributed by atoms with Crippen LogP contribution in [0.1, 0.15) is 0 Å². The van der Waals surface area contributed by atoms with Crippen molar-refractivity contribution in [3.8, 4) is 17.0 Å². The van der Waals surface area contributed by atoms with Gasteiger partial charge in [-0.25, -0.2) is 9.97 Å². The van der Waals surface area contributed by atoms with E-state index < -0.39 is 0 Å². The number of para-hydroxylation sites is 3. The molecule has 0 fully saturated rings. The minimum absolute atomic E-state index is 0.512. The highest BCUT2D eigenvalue weighted by atomic mass is 35.5. The van der Waals surface area contributed by atoms with Gasteiger partial charge in [0.05, 0.1) is 24.0 Å². The van der Waals surface area contributed by atoms with Gasteiger partial charge < -0.3 is 10.1 Å². The van der Waals surface area contributed by atoms with E-state index in [1.165, 1.54) is 0 Å². The number of fused-ring (bicyclic) bond motifs is 1. The van der Waals surface area contributed by atoms with E-state index in [2.05, 4.69) is 10.3 Å². The lowest BCUT2D eigenvalue weighted by atomic mass is 10.1. The van der Waals surface area contributed by atoms with Gasteiger partial charge in [-0.2, -0.15) is 0 Å². The van der Waals surface area contributed by atoms with Crippen LogP contribution < -0.4 is 10.1 Å². The first-order chi connectivity index (χ1) is 12.7. The maximum atomic E-state index is 6.03. The second-order valence-electron chi connectivity index (χ2n) is 5.75. The van der Waals surface area contributed by atoms with Gasteiger partial charge in [-0.1, -0.05) is 54.1 Å². The molecule has 4 rings (SSSR count). The van der Waals surface area contributed by atoms with E-state index in [4.69, 9.17) is 21.3 Å². The van der Waals surface area contributed by atoms with Gasteiger partial charge in [0.15, 0.2) is 0 Å². The number of halogens is 1. The van der Waals surface area contributed by atoms with Gasteiger partial charge in [-0.3, -0.25) is 0 Å². The first kappa shape index (κ1) is 16.4. The fourth-order valence-electron chi connectivity index (χ4n) is 2.83. The summed E-state index contributed by atoms with van der Waals surface area (Å²) in [6, 6.07) is 23.3. The predicted molar refractivity (Wildman–Crippen MR) is 106 cm³/mol. The molecule has 0 spiro atoms. The van der Waals surface area contributed by atoms with Gasteiger partial charge in [0, 0.05) is 16.0 Å². The molecule has 128 valence electrons. The Balaban J connectivity index is 1.85. The van der Waals surface area contributed by atoms with Crippen LogP contribution >= 0.6 is 11.6 Å². The zero-order valence-corrected chi connectivity index (χ0v) is 14.9. The lowest BCUT2D eigenvalue weighted by Crippen LogP contribution is -2.01. The Kier molecular flexibility index (Phi) is 4.42. The minimum atomic E-state index is 0.512. The van der Waals surface area contributed by atoms with Crippen LogP contribution in [0.5, 0.6) is 5.75 Å². The Morgan fingerprint density at radius 3 is 2.38 bits per heavy atom. The summed E-state index contributed by atoms with van der Waals surface area (Å²) in [4.78, 5) is 9.40. The van der Waals surface area contributed by atoms with Crippen molar-refractivity contribution in [1.29, 1.82) is 0 Å². The molecule has 0 atom stereocenters. The second kappa shape index (κ2) is 7.02. The number of rotatable bonds is 4. The Bertz CT molecular complexity index is 1060. The molecule has 1 N–H and O–H groups in total. The largest absolute Gasteiger partial charge is 0.495 e. The molecule has 0 aliphatic rings. The summed E-state index contributed by atoms with van der Waals surface area (Å²) in [7, 11) is 1.64. The van der Waals surface area contributed by atoms with Crippen molar-refractivity contribution in [3.05, 3.63) is 77.8 Å². The highest BCUT2D eigenvalue weighted by molar-refractivity contribution is 6.30. The van der Waals surface area contributed by atoms with Gasteiger partial charge >= 0.3 is 0 Å². The highest BCUT2D eigenvalue weighted by Crippen LogP contribution is 2.31. The van der Waals surface area contributed by atoms with Gasteiger partial charge in [-0.15, -0.1) is 0 Å². The van der Waals surface area contributed by atoms with E-state index in [-0.39, 0.29) is 0 Å². The van der Waals surface area contributed by atoms with Crippen LogP contribution in [0.25, 0.3) is 22.2 Å². The molecule has 1 heterocycles. The molecule has 0 saturated heterocycles. The quantitative estimate of drug-likeness (QED) is 0.506. The van der Waals surface area contributed by atoms with Gasteiger partial charge in [0.2, 0.25) is 5.95 Å². The molecule has 0 bridgehead atoms. The normalized spacial score (nSPS) is 10.7. The van der Waals surface area contributed by atoms with Crippen LogP contribution in [0.2, 0.25) is 5.02 Å². The van der Waals surface area contributed by atoms with Crippen LogP contribution in [-0.2, 0) is 0 Å². The summed E-state index contributed by atoms with van der Waals surface area (Å²) < 4.78 is 5.40. The second-order valence-corrected chi connectivity index (χ2v) is 6.18. The third-order valence-corrected chi connectivity index (χ3v) is 4.33. The average Bonchev–Trinajstić information content (AvgIpc) is 2.68. The molecule has 0 radical (unpaired) electrons. The summed E-state index contributed by atoms with van der Waals surface area (Å²) >= 11 is 6.03. The molecule has 4 aromatic rings. The number of nitrogens with zero attached hydrogens (tertiary/aromatic N) is 2. The summed E-state index contributed by atoms with van der Waals surface area (Å²) in [6.45, 7) is 0. The first-order valence-corrected chi connectivity index (χ1v) is 8.55. The number of nitrogens with one attached hydrogen (secondary N) is 1. The Labute approximate surface area is 156 Å². The molecule has 3 aromatic carbocycles. The Morgan fingerprint density at radius 2 is 1.58 bits per heavy atom. The highest BCUT2D eigenvalue weighted by Gasteiger charge is 2.11. The molecule has 26 heavy (non-hydrogen) atoms. The number of aromatic nitrogens is 2. The number of anilines is 2. The summed E-state index contributed by atoms with van der Waals surface area (Å²) in [5, 5.41) is 4.94. The number of ether oxygens (including phenoxy) is 1. The molecule has 1 aromatic heterocycles. The Morgan fingerprint density at radius 1 is 0.846 bits per heavy atom. The van der Waals surface area contributed by atoms with Crippen molar-refractivity contribution < 1.29 is 4.74 Å². The molecule has 0 aliphatic heterocycles. The van der Waals surface area contributed by atoms with E-state index in [1.807, 2.05) is 72.8 Å². The first-order valence-electron chi connectivity index (χ1n) is 8.17. The van der Waals surface area contributed by atoms with Crippen molar-refractivity contribution in [2.45, 2.75) is 0 Å². The van der Waals surface area contributed by atoms with Crippen LogP contribution in [0.4, 0.5) is 11.6 Å². The Hall–Kier alpha value is -3.11. The van der Waals surface area contributed by atoms with E-state index in [0.29, 0.717) is 11.0 Å². The zero-order chi connectivity index (χ0) is 17.9. The number of benzene rings is 3. The summed E-state index contributed by atoms with van der Waals surface area (Å²) in [6.07, 6.45) is 0. The monoisotopic (exact) mass is 361 g/mol. The standard InChI is InChI=1S/C21H16ClN3O/c1-26-19-9-5-4-8-18(19)24-21-23-17-7-3-2-6-16(17)20(25-21)14-10-12-15(22)13-11-14/h2-13H,1H3,(H,23,24,25). The van der Waals surface area contributed by atoms with Crippen molar-refractivity contribution >= 4 is 34.1 Å². The third kappa shape index (κ3) is 3.19. The fourth-order valence-corrected chi connectivity index (χ4v) is 2.95. The van der Waals surface area contributed by atoms with Crippen LogP contribution in [0.15, 0.2) is 72.8 Å². The summed E-state index contributed by atoms with van der Waals surface area (Å²) in [5.41, 5.74) is 3.51. The number of hydrogen-bond donors (Lipinski definition) is 1. The molecular weight excluding hydrogens is 346 g/mol. The molecule has 4 nitrogen and oxygen atoms in total. The van der Waals surface area contributed by atoms with Crippen molar-refractivity contribution in [2.75, 3.05) is 12.4 Å². The molecule has 5 heteroatoms. The fraction of sp³-hybridized carbons (Fsp3) is 0.0476. The van der Waals surface area contributed by atoms with E-state index in [1.54, 1.807) is 7.11 Å². The van der Waals surface area contributed by atoms with E-state index >= 15 is 0 Å². The third-order valence-electron chi connectivity index (χ3n) is 4.07. The molecule has 0 amide bonds. The van der Waals surface area contributed by atoms with E-state index in [0.717, 1.165) is 33.6 Å². The molecule has 0 saturated carbocycles. The predicted octanol–water partition coefficient (Wildman–Crippen LogP) is 5.70. The number of hydrogen-bond acceptors (Lipinski definition) is 4. The van der Waals surface area contributed by atoms with Crippen molar-refractivity contribution in [2.24, 2.45) is 0 Å². The van der Waals surface area contributed by atoms with Crippen molar-refractivity contribution in [1.82, 2.24) is 9.97 Å². The van der Waals surface area contributed by atoms with Crippen LogP contribution in [0.3, 0.4) is 0 Å². The number of methoxy groups -OCH3 is 1. The van der Waals surface area contributed by atoms with Crippen LogP contribution in [-0.4, -0.2) is 17.1 Å². The van der Waals surface area contributed by atoms with Gasteiger partial charge in [0.25, 0.3) is 0 Å². The molecule has 0 unspecified atom stereocenters. The summed E-state index contributed by atoms with van der Waals surface area (Å²) in [5.74, 6) is 1.25. The topological polar surface area (TPSA) is 47.0 Å². The van der Waals surface area contributed by atoms with E-state index in [9.17, 15) is 0 Å². The lowest BCUT2D eigenvalue weighted by molar-refractivity contribution is 0.417. The maximum absolute atomic E-state index is 6.03. The lowest BCUT2D eigenvalue weighted by Gasteiger charge is -2.12. The zero-order valence-electron chi connectivity index (χ0n) is 14.1. The molecule has 0 aliphatic carbocycles. The smallest absolute Gasteiger partial charge is 0.228 e. The van der Waals surface area contributed by atoms with Crippen molar-refractivity contribution in [3.63, 3.8) is 0 Å². The van der Waals surface area contributed by atoms with Gasteiger partial charge in [0.1, 0.15) is 5.75 Å². The van der Waals surface area contributed by atoms with Crippen LogP contribution in [0, 0.1) is 0 Å². The molecular formula is C21H16ClN3O. The van der Waals surface area contributed by atoms with Gasteiger partial charge in [-0.05, 0) is 30.3 Å². The maximum Gasteiger partial charge on any atom is 0.228 e.